The number of β-amino-alcohol motifs (C(OH)–C–C–N with tert-alkyl or cyclic N) is 1. The molecule has 0 bridgehead atoms. The van der Waals surface area contributed by atoms with Crippen LogP contribution in [0.4, 0.5) is 0 Å². The van der Waals surface area contributed by atoms with Gasteiger partial charge in [0.1, 0.15) is 12.4 Å². The number of benzene rings is 1. The highest BCUT2D eigenvalue weighted by Gasteiger charge is 2.21. The first kappa shape index (κ1) is 14.2. The number of piperidine rings is 1. The van der Waals surface area contributed by atoms with Gasteiger partial charge in [-0.3, -0.25) is 4.90 Å². The Bertz CT molecular complexity index is 545. The average molecular weight is 314 g/mol. The van der Waals surface area contributed by atoms with E-state index < -0.39 is 0 Å². The van der Waals surface area contributed by atoms with Crippen LogP contribution < -0.4 is 4.74 Å². The van der Waals surface area contributed by atoms with Gasteiger partial charge in [-0.2, -0.15) is 0 Å². The molecular weight excluding hydrogens is 297 g/mol. The Kier molecular flexibility index (Phi) is 4.22. The second kappa shape index (κ2) is 5.94. The zero-order valence-electron chi connectivity index (χ0n) is 11.1. The van der Waals surface area contributed by atoms with E-state index in [0.29, 0.717) is 22.4 Å². The smallest absolute Gasteiger partial charge is 0.145 e. The lowest BCUT2D eigenvalue weighted by Gasteiger charge is -2.31. The number of aliphatic hydroxyl groups is 1. The van der Waals surface area contributed by atoms with Crippen LogP contribution in [0, 0.1) is 0 Å². The largest absolute Gasteiger partial charge is 0.487 e. The van der Waals surface area contributed by atoms with E-state index in [0.717, 1.165) is 38.0 Å². The van der Waals surface area contributed by atoms with Gasteiger partial charge in [-0.1, -0.05) is 23.2 Å². The van der Waals surface area contributed by atoms with Crippen LogP contribution in [-0.4, -0.2) is 42.4 Å². The van der Waals surface area contributed by atoms with Gasteiger partial charge in [-0.05, 0) is 43.2 Å². The number of nitrogens with zero attached hydrogens (tertiary/aromatic N) is 1. The third-order valence-electron chi connectivity index (χ3n) is 3.71. The number of hydrogen-bond donors (Lipinski definition) is 1. The summed E-state index contributed by atoms with van der Waals surface area (Å²) in [5, 5.41) is 10.9. The van der Waals surface area contributed by atoms with E-state index in [9.17, 15) is 5.11 Å². The molecule has 3 nitrogen and oxygen atoms in total. The number of halogens is 2. The lowest BCUT2D eigenvalue weighted by molar-refractivity contribution is 0.0746. The molecular formula is C15H17Cl2NO2. The summed E-state index contributed by atoms with van der Waals surface area (Å²) in [6, 6.07) is 3.56. The Morgan fingerprint density at radius 1 is 1.35 bits per heavy atom. The molecule has 1 fully saturated rings. The number of fused-ring (bicyclic) bond motifs is 1. The first-order valence-corrected chi connectivity index (χ1v) is 7.59. The molecule has 3 rings (SSSR count). The first-order chi connectivity index (χ1) is 9.61. The van der Waals surface area contributed by atoms with Gasteiger partial charge in [0.2, 0.25) is 0 Å². The molecule has 1 atom stereocenters. The van der Waals surface area contributed by atoms with Gasteiger partial charge in [-0.25, -0.2) is 0 Å². The lowest BCUT2D eigenvalue weighted by atomic mass is 10.0. The standard InChI is InChI=1S/C15H17Cl2NO2/c16-12-5-11-4-10(9-20-15(11)14(17)6-12)7-18-3-1-2-13(19)8-18/h4-6,13,19H,1-3,7-9H2. The number of likely N-dealkylation sites (tertiary alicyclic amines) is 1. The Labute approximate surface area is 128 Å². The average Bonchev–Trinajstić information content (AvgIpc) is 2.38. The molecule has 0 saturated carbocycles. The number of rotatable bonds is 2. The second-order valence-corrected chi connectivity index (χ2v) is 6.27. The quantitative estimate of drug-likeness (QED) is 0.910. The minimum atomic E-state index is -0.204. The third-order valence-corrected chi connectivity index (χ3v) is 4.20. The second-order valence-electron chi connectivity index (χ2n) is 5.43. The summed E-state index contributed by atoms with van der Waals surface area (Å²) in [4.78, 5) is 2.26. The molecule has 5 heteroatoms. The highest BCUT2D eigenvalue weighted by Crippen LogP contribution is 2.36. The predicted molar refractivity (Wildman–Crippen MR) is 81.6 cm³/mol. The molecule has 108 valence electrons. The van der Waals surface area contributed by atoms with Crippen LogP contribution in [0.25, 0.3) is 6.08 Å². The van der Waals surface area contributed by atoms with Crippen molar-refractivity contribution in [2.45, 2.75) is 18.9 Å². The van der Waals surface area contributed by atoms with E-state index in [1.807, 2.05) is 6.07 Å². The molecule has 0 aliphatic carbocycles. The van der Waals surface area contributed by atoms with Crippen LogP contribution in [0.1, 0.15) is 18.4 Å². The molecule has 2 aliphatic rings. The van der Waals surface area contributed by atoms with Crippen LogP contribution in [0.5, 0.6) is 5.75 Å². The van der Waals surface area contributed by atoms with Crippen LogP contribution in [-0.2, 0) is 0 Å². The van der Waals surface area contributed by atoms with Gasteiger partial charge in [0.25, 0.3) is 0 Å². The fourth-order valence-electron chi connectivity index (χ4n) is 2.82. The minimum Gasteiger partial charge on any atom is -0.487 e. The molecule has 1 aromatic rings. The molecule has 1 unspecified atom stereocenters. The molecule has 2 heterocycles. The molecule has 0 aromatic heterocycles. The molecule has 0 spiro atoms. The fourth-order valence-corrected chi connectivity index (χ4v) is 3.38. The fraction of sp³-hybridized carbons (Fsp3) is 0.467. The maximum atomic E-state index is 9.71. The third kappa shape index (κ3) is 3.12. The lowest BCUT2D eigenvalue weighted by Crippen LogP contribution is -2.39. The summed E-state index contributed by atoms with van der Waals surface area (Å²) in [6.45, 7) is 3.12. The monoisotopic (exact) mass is 313 g/mol. The highest BCUT2D eigenvalue weighted by molar-refractivity contribution is 6.36. The maximum absolute atomic E-state index is 9.71. The van der Waals surface area contributed by atoms with Gasteiger partial charge in [0, 0.05) is 23.7 Å². The summed E-state index contributed by atoms with van der Waals surface area (Å²) in [5.74, 6) is 0.707. The van der Waals surface area contributed by atoms with Gasteiger partial charge in [-0.15, -0.1) is 0 Å². The van der Waals surface area contributed by atoms with Gasteiger partial charge >= 0.3 is 0 Å². The molecule has 20 heavy (non-hydrogen) atoms. The molecule has 2 aliphatic heterocycles. The summed E-state index contributed by atoms with van der Waals surface area (Å²) < 4.78 is 5.74. The molecule has 1 saturated heterocycles. The van der Waals surface area contributed by atoms with E-state index in [1.54, 1.807) is 6.07 Å². The van der Waals surface area contributed by atoms with E-state index in [1.165, 1.54) is 5.57 Å². The Morgan fingerprint density at radius 3 is 3.00 bits per heavy atom. The van der Waals surface area contributed by atoms with E-state index in [4.69, 9.17) is 27.9 Å². The van der Waals surface area contributed by atoms with Crippen molar-refractivity contribution in [1.29, 1.82) is 0 Å². The Balaban J connectivity index is 1.76. The predicted octanol–water partition coefficient (Wildman–Crippen LogP) is 3.23. The molecule has 0 amide bonds. The van der Waals surface area contributed by atoms with Gasteiger partial charge in [0.15, 0.2) is 0 Å². The SMILES string of the molecule is OC1CCCN(CC2=Cc3cc(Cl)cc(Cl)c3OC2)C1. The van der Waals surface area contributed by atoms with Crippen molar-refractivity contribution in [3.05, 3.63) is 33.3 Å². The van der Waals surface area contributed by atoms with Crippen molar-refractivity contribution in [3.8, 4) is 5.75 Å². The summed E-state index contributed by atoms with van der Waals surface area (Å²) >= 11 is 12.2. The van der Waals surface area contributed by atoms with Crippen LogP contribution in [0.15, 0.2) is 17.7 Å². The number of hydrogen-bond acceptors (Lipinski definition) is 3. The van der Waals surface area contributed by atoms with Crippen molar-refractivity contribution < 1.29 is 9.84 Å². The number of aliphatic hydroxyl groups excluding tert-OH is 1. The van der Waals surface area contributed by atoms with Crippen molar-refractivity contribution in [3.63, 3.8) is 0 Å². The van der Waals surface area contributed by atoms with Crippen molar-refractivity contribution >= 4 is 29.3 Å². The van der Waals surface area contributed by atoms with E-state index >= 15 is 0 Å². The minimum absolute atomic E-state index is 0.204. The van der Waals surface area contributed by atoms with Crippen molar-refractivity contribution in [2.75, 3.05) is 26.2 Å². The van der Waals surface area contributed by atoms with Crippen LogP contribution in [0.3, 0.4) is 0 Å². The van der Waals surface area contributed by atoms with E-state index in [-0.39, 0.29) is 6.10 Å². The molecule has 1 N–H and O–H groups in total. The van der Waals surface area contributed by atoms with Crippen LogP contribution in [0.2, 0.25) is 10.0 Å². The van der Waals surface area contributed by atoms with Gasteiger partial charge < -0.3 is 9.84 Å². The normalized spacial score (nSPS) is 22.9. The maximum Gasteiger partial charge on any atom is 0.145 e. The van der Waals surface area contributed by atoms with Gasteiger partial charge in [0.05, 0.1) is 11.1 Å². The summed E-state index contributed by atoms with van der Waals surface area (Å²) in [5.41, 5.74) is 2.12. The summed E-state index contributed by atoms with van der Waals surface area (Å²) in [6.07, 6.45) is 3.84. The van der Waals surface area contributed by atoms with Crippen molar-refractivity contribution in [2.24, 2.45) is 0 Å². The molecule has 0 radical (unpaired) electrons. The Hall–Kier alpha value is -0.740. The molecule has 1 aromatic carbocycles. The highest BCUT2D eigenvalue weighted by atomic mass is 35.5. The first-order valence-electron chi connectivity index (χ1n) is 6.83. The summed E-state index contributed by atoms with van der Waals surface area (Å²) in [7, 11) is 0. The zero-order chi connectivity index (χ0) is 14.1. The number of ether oxygens (including phenoxy) is 1. The Morgan fingerprint density at radius 2 is 2.20 bits per heavy atom. The van der Waals surface area contributed by atoms with Crippen molar-refractivity contribution in [1.82, 2.24) is 4.90 Å². The van der Waals surface area contributed by atoms with E-state index in [2.05, 4.69) is 11.0 Å². The van der Waals surface area contributed by atoms with Crippen LogP contribution >= 0.6 is 23.2 Å². The zero-order valence-corrected chi connectivity index (χ0v) is 12.6. The topological polar surface area (TPSA) is 32.7 Å².